The van der Waals surface area contributed by atoms with Crippen molar-refractivity contribution in [1.29, 1.82) is 0 Å². The largest absolute Gasteiger partial charge is 0.393 e. The molecule has 1 N–H and O–H groups in total. The summed E-state index contributed by atoms with van der Waals surface area (Å²) < 4.78 is 71.3. The van der Waals surface area contributed by atoms with Crippen LogP contribution in [0.1, 0.15) is 77.0 Å². The quantitative estimate of drug-likeness (QED) is 0.334. The lowest BCUT2D eigenvalue weighted by molar-refractivity contribution is -0.136. The molecule has 1 atom stereocenters. The van der Waals surface area contributed by atoms with Gasteiger partial charge in [0.15, 0.2) is 0 Å². The van der Waals surface area contributed by atoms with Gasteiger partial charge in [-0.05, 0) is 25.7 Å². The summed E-state index contributed by atoms with van der Waals surface area (Å²) in [5.41, 5.74) is 0. The predicted octanol–water partition coefficient (Wildman–Crippen LogP) is 6.15. The van der Waals surface area contributed by atoms with Crippen molar-refractivity contribution in [3.8, 4) is 0 Å². The standard InChI is InChI=1S/C15H26F6O/c16-14(17,18)11-7-3-1-2-5-9-13(22)10-6-4-8-12-15(19,20)21/h13,22H,1-12H2. The summed E-state index contributed by atoms with van der Waals surface area (Å²) in [7, 11) is 0. The molecule has 0 aliphatic rings. The first-order valence-electron chi connectivity index (χ1n) is 7.92. The van der Waals surface area contributed by atoms with Gasteiger partial charge in [-0.25, -0.2) is 0 Å². The molecule has 1 nitrogen and oxygen atoms in total. The molecule has 0 aliphatic carbocycles. The van der Waals surface area contributed by atoms with Gasteiger partial charge >= 0.3 is 12.4 Å². The van der Waals surface area contributed by atoms with Gasteiger partial charge in [0.05, 0.1) is 6.10 Å². The van der Waals surface area contributed by atoms with Crippen molar-refractivity contribution in [2.45, 2.75) is 95.5 Å². The van der Waals surface area contributed by atoms with E-state index in [4.69, 9.17) is 0 Å². The molecule has 0 saturated carbocycles. The van der Waals surface area contributed by atoms with Crippen LogP contribution in [0.25, 0.3) is 0 Å². The molecule has 7 heteroatoms. The molecule has 0 heterocycles. The van der Waals surface area contributed by atoms with Gasteiger partial charge in [0.25, 0.3) is 0 Å². The Bertz CT molecular complexity index is 262. The average molecular weight is 336 g/mol. The van der Waals surface area contributed by atoms with Crippen molar-refractivity contribution in [2.24, 2.45) is 0 Å². The van der Waals surface area contributed by atoms with E-state index in [9.17, 15) is 31.4 Å². The minimum absolute atomic E-state index is 0.0927. The van der Waals surface area contributed by atoms with Gasteiger partial charge in [-0.1, -0.05) is 38.5 Å². The zero-order chi connectivity index (χ0) is 17.1. The summed E-state index contributed by atoms with van der Waals surface area (Å²) >= 11 is 0. The van der Waals surface area contributed by atoms with Crippen LogP contribution < -0.4 is 0 Å². The van der Waals surface area contributed by atoms with E-state index in [1.165, 1.54) is 0 Å². The fourth-order valence-corrected chi connectivity index (χ4v) is 2.26. The van der Waals surface area contributed by atoms with E-state index in [2.05, 4.69) is 0 Å². The minimum Gasteiger partial charge on any atom is -0.393 e. The Balaban J connectivity index is 3.31. The lowest BCUT2D eigenvalue weighted by atomic mass is 10.0. The highest BCUT2D eigenvalue weighted by atomic mass is 19.4. The molecular weight excluding hydrogens is 310 g/mol. The first kappa shape index (κ1) is 21.5. The Morgan fingerprint density at radius 3 is 1.27 bits per heavy atom. The van der Waals surface area contributed by atoms with E-state index in [0.29, 0.717) is 38.5 Å². The van der Waals surface area contributed by atoms with Gasteiger partial charge in [-0.15, -0.1) is 0 Å². The van der Waals surface area contributed by atoms with E-state index in [1.54, 1.807) is 0 Å². The second-order valence-corrected chi connectivity index (χ2v) is 5.79. The van der Waals surface area contributed by atoms with E-state index >= 15 is 0 Å². The third-order valence-electron chi connectivity index (χ3n) is 3.50. The first-order valence-corrected chi connectivity index (χ1v) is 7.92. The maximum Gasteiger partial charge on any atom is 0.389 e. The third kappa shape index (κ3) is 17.6. The maximum atomic E-state index is 11.9. The zero-order valence-corrected chi connectivity index (χ0v) is 12.8. The molecule has 0 aromatic heterocycles. The van der Waals surface area contributed by atoms with E-state index in [0.717, 1.165) is 12.8 Å². The number of unbranched alkanes of at least 4 members (excludes halogenated alkanes) is 6. The van der Waals surface area contributed by atoms with Gasteiger partial charge < -0.3 is 5.11 Å². The molecule has 0 aromatic carbocycles. The van der Waals surface area contributed by atoms with Crippen molar-refractivity contribution < 1.29 is 31.4 Å². The number of aliphatic hydroxyl groups excluding tert-OH is 1. The highest BCUT2D eigenvalue weighted by molar-refractivity contribution is 4.59. The SMILES string of the molecule is OC(CCCCCCCC(F)(F)F)CCCCCC(F)(F)F. The number of halogens is 6. The summed E-state index contributed by atoms with van der Waals surface area (Å²) in [6, 6.07) is 0. The molecule has 0 bridgehead atoms. The van der Waals surface area contributed by atoms with Crippen molar-refractivity contribution in [3.05, 3.63) is 0 Å². The van der Waals surface area contributed by atoms with Gasteiger partial charge in [0.2, 0.25) is 0 Å². The van der Waals surface area contributed by atoms with Crippen LogP contribution in [-0.2, 0) is 0 Å². The van der Waals surface area contributed by atoms with Crippen LogP contribution in [0.4, 0.5) is 26.3 Å². The van der Waals surface area contributed by atoms with Gasteiger partial charge in [0.1, 0.15) is 0 Å². The predicted molar refractivity (Wildman–Crippen MR) is 73.5 cm³/mol. The molecule has 0 radical (unpaired) electrons. The molecule has 1 unspecified atom stereocenters. The fourth-order valence-electron chi connectivity index (χ4n) is 2.26. The second-order valence-electron chi connectivity index (χ2n) is 5.79. The molecule has 134 valence electrons. The van der Waals surface area contributed by atoms with Gasteiger partial charge in [0, 0.05) is 12.8 Å². The number of alkyl halides is 6. The summed E-state index contributed by atoms with van der Waals surface area (Å²) in [6.45, 7) is 0. The third-order valence-corrected chi connectivity index (χ3v) is 3.50. The maximum absolute atomic E-state index is 11.9. The molecular formula is C15H26F6O. The molecule has 0 saturated heterocycles. The highest BCUT2D eigenvalue weighted by Crippen LogP contribution is 2.24. The first-order chi connectivity index (χ1) is 10.1. The molecule has 0 fully saturated rings. The summed E-state index contributed by atoms with van der Waals surface area (Å²) in [4.78, 5) is 0. The lowest BCUT2D eigenvalue weighted by Crippen LogP contribution is -2.08. The van der Waals surface area contributed by atoms with Crippen LogP contribution in [0.15, 0.2) is 0 Å². The molecule has 0 rings (SSSR count). The summed E-state index contributed by atoms with van der Waals surface area (Å²) in [6.07, 6.45) is -5.12. The van der Waals surface area contributed by atoms with E-state index < -0.39 is 31.3 Å². The van der Waals surface area contributed by atoms with Gasteiger partial charge in [-0.3, -0.25) is 0 Å². The average Bonchev–Trinajstić information content (AvgIpc) is 2.34. The van der Waals surface area contributed by atoms with Gasteiger partial charge in [-0.2, -0.15) is 26.3 Å². The Morgan fingerprint density at radius 1 is 0.545 bits per heavy atom. The number of rotatable bonds is 12. The van der Waals surface area contributed by atoms with Crippen molar-refractivity contribution in [1.82, 2.24) is 0 Å². The Labute approximate surface area is 128 Å². The van der Waals surface area contributed by atoms with Crippen LogP contribution in [-0.4, -0.2) is 23.6 Å². The van der Waals surface area contributed by atoms with E-state index in [1.807, 2.05) is 0 Å². The topological polar surface area (TPSA) is 20.2 Å². The van der Waals surface area contributed by atoms with Crippen LogP contribution in [0.2, 0.25) is 0 Å². The molecule has 22 heavy (non-hydrogen) atoms. The van der Waals surface area contributed by atoms with Crippen LogP contribution in [0.5, 0.6) is 0 Å². The lowest BCUT2D eigenvalue weighted by Gasteiger charge is -2.11. The smallest absolute Gasteiger partial charge is 0.389 e. The van der Waals surface area contributed by atoms with Crippen molar-refractivity contribution in [3.63, 3.8) is 0 Å². The number of aliphatic hydroxyl groups is 1. The monoisotopic (exact) mass is 336 g/mol. The van der Waals surface area contributed by atoms with E-state index in [-0.39, 0.29) is 12.8 Å². The second kappa shape index (κ2) is 11.1. The minimum atomic E-state index is -4.11. The van der Waals surface area contributed by atoms with Crippen LogP contribution >= 0.6 is 0 Å². The Hall–Kier alpha value is -0.460. The Kier molecular flexibility index (Phi) is 10.9. The zero-order valence-electron chi connectivity index (χ0n) is 12.8. The highest BCUT2D eigenvalue weighted by Gasteiger charge is 2.26. The summed E-state index contributed by atoms with van der Waals surface area (Å²) in [5, 5.41) is 9.65. The normalized spacial score (nSPS) is 14.3. The summed E-state index contributed by atoms with van der Waals surface area (Å²) in [5.74, 6) is 0. The van der Waals surface area contributed by atoms with Crippen molar-refractivity contribution >= 4 is 0 Å². The molecule has 0 amide bonds. The molecule has 0 spiro atoms. The number of hydrogen-bond acceptors (Lipinski definition) is 1. The molecule has 0 aliphatic heterocycles. The fraction of sp³-hybridized carbons (Fsp3) is 1.00. The Morgan fingerprint density at radius 2 is 0.864 bits per heavy atom. The van der Waals surface area contributed by atoms with Crippen LogP contribution in [0.3, 0.4) is 0 Å². The molecule has 0 aromatic rings. The van der Waals surface area contributed by atoms with Crippen LogP contribution in [0, 0.1) is 0 Å². The van der Waals surface area contributed by atoms with Crippen molar-refractivity contribution in [2.75, 3.05) is 0 Å². The number of hydrogen-bond donors (Lipinski definition) is 1.